The summed E-state index contributed by atoms with van der Waals surface area (Å²) in [6.07, 6.45) is 0. The van der Waals surface area contributed by atoms with Crippen LogP contribution in [0.25, 0.3) is 11.0 Å². The Morgan fingerprint density at radius 3 is 2.80 bits per heavy atom. The van der Waals surface area contributed by atoms with Crippen LogP contribution in [0.1, 0.15) is 13.8 Å². The number of urea groups is 1. The molecule has 3 amide bonds. The summed E-state index contributed by atoms with van der Waals surface area (Å²) >= 11 is 1.30. The van der Waals surface area contributed by atoms with Crippen LogP contribution >= 0.6 is 11.8 Å². The number of carbonyl (C=O) groups is 2. The molecule has 0 aliphatic heterocycles. The van der Waals surface area contributed by atoms with Gasteiger partial charge >= 0.3 is 6.03 Å². The topological polar surface area (TPSA) is 90.0 Å². The average molecular weight is 292 g/mol. The van der Waals surface area contributed by atoms with E-state index in [0.717, 1.165) is 22.7 Å². The number of fused-ring (bicyclic) bond motifs is 1. The van der Waals surface area contributed by atoms with Gasteiger partial charge in [-0.05, 0) is 26.0 Å². The van der Waals surface area contributed by atoms with Crippen molar-refractivity contribution in [2.45, 2.75) is 30.8 Å². The zero-order valence-corrected chi connectivity index (χ0v) is 12.1. The molecule has 1 aromatic carbocycles. The Labute approximate surface area is 120 Å². The van der Waals surface area contributed by atoms with Gasteiger partial charge in [-0.25, -0.2) is 9.78 Å². The zero-order chi connectivity index (χ0) is 14.7. The number of imide groups is 1. The maximum absolute atomic E-state index is 11.7. The first-order valence-corrected chi connectivity index (χ1v) is 7.13. The van der Waals surface area contributed by atoms with Crippen molar-refractivity contribution in [1.82, 2.24) is 14.9 Å². The average Bonchev–Trinajstić information content (AvgIpc) is 2.74. The summed E-state index contributed by atoms with van der Waals surface area (Å²) in [5, 5.41) is 2.37. The Morgan fingerprint density at radius 2 is 2.15 bits per heavy atom. The summed E-state index contributed by atoms with van der Waals surface area (Å²) in [4.78, 5) is 26.9. The van der Waals surface area contributed by atoms with Crippen LogP contribution in [-0.4, -0.2) is 26.7 Å². The molecule has 20 heavy (non-hydrogen) atoms. The van der Waals surface area contributed by atoms with Crippen molar-refractivity contribution in [2.75, 3.05) is 0 Å². The van der Waals surface area contributed by atoms with Gasteiger partial charge in [0, 0.05) is 6.54 Å². The van der Waals surface area contributed by atoms with Crippen LogP contribution in [0.3, 0.4) is 0 Å². The van der Waals surface area contributed by atoms with E-state index in [4.69, 9.17) is 5.73 Å². The summed E-state index contributed by atoms with van der Waals surface area (Å²) in [5.74, 6) is -0.419. The molecule has 7 heteroatoms. The van der Waals surface area contributed by atoms with Gasteiger partial charge in [-0.3, -0.25) is 10.1 Å². The van der Waals surface area contributed by atoms with Crippen LogP contribution in [0.15, 0.2) is 29.4 Å². The number of imidazole rings is 1. The third kappa shape index (κ3) is 2.93. The van der Waals surface area contributed by atoms with E-state index < -0.39 is 17.2 Å². The number of primary amides is 1. The van der Waals surface area contributed by atoms with E-state index in [-0.39, 0.29) is 0 Å². The van der Waals surface area contributed by atoms with Crippen molar-refractivity contribution in [2.24, 2.45) is 5.73 Å². The molecule has 3 N–H and O–H groups in total. The molecule has 1 aromatic heterocycles. The molecule has 0 radical (unpaired) electrons. The van der Waals surface area contributed by atoms with Crippen molar-refractivity contribution in [3.8, 4) is 0 Å². The largest absolute Gasteiger partial charge is 0.351 e. The van der Waals surface area contributed by atoms with E-state index in [1.807, 2.05) is 35.8 Å². The summed E-state index contributed by atoms with van der Waals surface area (Å²) in [7, 11) is 0. The zero-order valence-electron chi connectivity index (χ0n) is 11.3. The van der Waals surface area contributed by atoms with Crippen molar-refractivity contribution < 1.29 is 9.59 Å². The Kier molecular flexibility index (Phi) is 4.29. The number of amides is 3. The maximum atomic E-state index is 11.7. The first-order valence-electron chi connectivity index (χ1n) is 6.25. The molecule has 2 rings (SSSR count). The van der Waals surface area contributed by atoms with Crippen molar-refractivity contribution in [3.05, 3.63) is 24.3 Å². The summed E-state index contributed by atoms with van der Waals surface area (Å²) in [6.45, 7) is 4.49. The van der Waals surface area contributed by atoms with Crippen LogP contribution < -0.4 is 11.1 Å². The second-order valence-corrected chi connectivity index (χ2v) is 5.55. The molecule has 0 spiro atoms. The van der Waals surface area contributed by atoms with Gasteiger partial charge in [0.05, 0.1) is 16.3 Å². The summed E-state index contributed by atoms with van der Waals surface area (Å²) < 4.78 is 2.04. The lowest BCUT2D eigenvalue weighted by Gasteiger charge is -2.10. The fourth-order valence-electron chi connectivity index (χ4n) is 1.88. The SMILES string of the molecule is CCn1c(S[C@@H](C)C(=O)NC(N)=O)nc2ccccc21. The van der Waals surface area contributed by atoms with E-state index in [0.29, 0.717) is 0 Å². The fourth-order valence-corrected chi connectivity index (χ4v) is 2.87. The standard InChI is InChI=1S/C13H16N4O2S/c1-3-17-10-7-5-4-6-9(10)15-13(17)20-8(2)11(18)16-12(14)19/h4-8H,3H2,1-2H3,(H3,14,16,18,19)/t8-/m0/s1. The van der Waals surface area contributed by atoms with Crippen LogP contribution in [0.2, 0.25) is 0 Å². The number of rotatable bonds is 4. The molecule has 0 saturated carbocycles. The molecule has 1 heterocycles. The number of nitrogens with zero attached hydrogens (tertiary/aromatic N) is 2. The molecule has 6 nitrogen and oxygen atoms in total. The van der Waals surface area contributed by atoms with Gasteiger partial charge in [0.2, 0.25) is 5.91 Å². The van der Waals surface area contributed by atoms with Crippen LogP contribution in [-0.2, 0) is 11.3 Å². The molecule has 0 fully saturated rings. The van der Waals surface area contributed by atoms with Gasteiger partial charge < -0.3 is 10.3 Å². The van der Waals surface area contributed by atoms with E-state index in [1.165, 1.54) is 11.8 Å². The molecular weight excluding hydrogens is 276 g/mol. The third-order valence-electron chi connectivity index (χ3n) is 2.83. The molecule has 106 valence electrons. The minimum Gasteiger partial charge on any atom is -0.351 e. The number of hydrogen-bond donors (Lipinski definition) is 2. The molecule has 0 aliphatic rings. The smallest absolute Gasteiger partial charge is 0.318 e. The lowest BCUT2D eigenvalue weighted by atomic mass is 10.3. The summed E-state index contributed by atoms with van der Waals surface area (Å²) in [5.41, 5.74) is 6.86. The van der Waals surface area contributed by atoms with Gasteiger partial charge in [-0.2, -0.15) is 0 Å². The van der Waals surface area contributed by atoms with Gasteiger partial charge in [0.25, 0.3) is 0 Å². The normalized spacial score (nSPS) is 12.3. The van der Waals surface area contributed by atoms with Crippen LogP contribution in [0.4, 0.5) is 4.79 Å². The van der Waals surface area contributed by atoms with Crippen molar-refractivity contribution in [3.63, 3.8) is 0 Å². The van der Waals surface area contributed by atoms with E-state index in [2.05, 4.69) is 10.3 Å². The fraction of sp³-hybridized carbons (Fsp3) is 0.308. The summed E-state index contributed by atoms with van der Waals surface area (Å²) in [6, 6.07) is 6.95. The number of hydrogen-bond acceptors (Lipinski definition) is 4. The number of aryl methyl sites for hydroxylation is 1. The molecule has 0 saturated heterocycles. The minimum absolute atomic E-state index is 0.419. The second-order valence-electron chi connectivity index (χ2n) is 4.24. The quantitative estimate of drug-likeness (QED) is 0.840. The van der Waals surface area contributed by atoms with E-state index in [1.54, 1.807) is 6.92 Å². The second kappa shape index (κ2) is 5.96. The first-order chi connectivity index (χ1) is 9.52. The Balaban J connectivity index is 2.25. The highest BCUT2D eigenvalue weighted by Gasteiger charge is 2.19. The number of benzene rings is 1. The highest BCUT2D eigenvalue weighted by Crippen LogP contribution is 2.27. The monoisotopic (exact) mass is 292 g/mol. The molecule has 0 unspecified atom stereocenters. The number of aromatic nitrogens is 2. The highest BCUT2D eigenvalue weighted by molar-refractivity contribution is 8.00. The van der Waals surface area contributed by atoms with Gasteiger partial charge in [-0.1, -0.05) is 23.9 Å². The van der Waals surface area contributed by atoms with Crippen molar-refractivity contribution >= 4 is 34.7 Å². The lowest BCUT2D eigenvalue weighted by molar-refractivity contribution is -0.119. The van der Waals surface area contributed by atoms with Gasteiger partial charge in [-0.15, -0.1) is 0 Å². The number of carbonyl (C=O) groups excluding carboxylic acids is 2. The van der Waals surface area contributed by atoms with Crippen molar-refractivity contribution in [1.29, 1.82) is 0 Å². The maximum Gasteiger partial charge on any atom is 0.318 e. The van der Waals surface area contributed by atoms with Crippen LogP contribution in [0, 0.1) is 0 Å². The molecule has 2 aromatic rings. The first kappa shape index (κ1) is 14.4. The Morgan fingerprint density at radius 1 is 1.45 bits per heavy atom. The lowest BCUT2D eigenvalue weighted by Crippen LogP contribution is -2.39. The Bertz CT molecular complexity index is 653. The predicted molar refractivity (Wildman–Crippen MR) is 78.5 cm³/mol. The number of para-hydroxylation sites is 2. The molecule has 0 bridgehead atoms. The molecule has 1 atom stereocenters. The van der Waals surface area contributed by atoms with Gasteiger partial charge in [0.1, 0.15) is 0 Å². The molecule has 0 aliphatic carbocycles. The highest BCUT2D eigenvalue weighted by atomic mass is 32.2. The third-order valence-corrected chi connectivity index (χ3v) is 3.92. The Hall–Kier alpha value is -2.02. The molecular formula is C13H16N4O2S. The van der Waals surface area contributed by atoms with E-state index in [9.17, 15) is 9.59 Å². The van der Waals surface area contributed by atoms with Crippen LogP contribution in [0.5, 0.6) is 0 Å². The minimum atomic E-state index is -0.841. The van der Waals surface area contributed by atoms with Gasteiger partial charge in [0.15, 0.2) is 5.16 Å². The number of thioether (sulfide) groups is 1. The number of nitrogens with one attached hydrogen (secondary N) is 1. The number of nitrogens with two attached hydrogens (primary N) is 1. The predicted octanol–water partition coefficient (Wildman–Crippen LogP) is 1.73. The van der Waals surface area contributed by atoms with E-state index >= 15 is 0 Å².